The van der Waals surface area contributed by atoms with Gasteiger partial charge in [0.15, 0.2) is 5.69 Å². The van der Waals surface area contributed by atoms with Crippen LogP contribution in [0.25, 0.3) is 0 Å². The first-order valence-electron chi connectivity index (χ1n) is 11.0. The molecule has 9 nitrogen and oxygen atoms in total. The maximum atomic E-state index is 13.1. The molecule has 30 heavy (non-hydrogen) atoms. The lowest BCUT2D eigenvalue weighted by atomic mass is 9.94. The Morgan fingerprint density at radius 2 is 2.03 bits per heavy atom. The number of aromatic nitrogens is 2. The fourth-order valence-electron chi connectivity index (χ4n) is 4.27. The molecule has 0 bridgehead atoms. The second-order valence-corrected chi connectivity index (χ2v) is 8.16. The number of ether oxygens (including phenoxy) is 1. The topological polar surface area (TPSA) is 106 Å². The molecule has 0 unspecified atom stereocenters. The summed E-state index contributed by atoms with van der Waals surface area (Å²) in [4.78, 5) is 40.3. The van der Waals surface area contributed by atoms with Gasteiger partial charge >= 0.3 is 0 Å². The zero-order chi connectivity index (χ0) is 21.7. The van der Waals surface area contributed by atoms with Gasteiger partial charge in [0, 0.05) is 38.4 Å². The minimum Gasteiger partial charge on any atom is -0.382 e. The van der Waals surface area contributed by atoms with Crippen LogP contribution in [0.4, 0.5) is 0 Å². The van der Waals surface area contributed by atoms with Gasteiger partial charge in [0.2, 0.25) is 5.91 Å². The number of nitrogens with one attached hydrogen (secondary N) is 2. The van der Waals surface area contributed by atoms with Crippen LogP contribution < -0.4 is 10.6 Å². The Bertz CT molecular complexity index is 786. The number of nitrogens with zero attached hydrogens (tertiary/aromatic N) is 3. The number of carbonyl (C=O) groups excluding carboxylic acids is 3. The molecule has 1 aliphatic carbocycles. The fourth-order valence-corrected chi connectivity index (χ4v) is 4.27. The number of amides is 3. The molecule has 2 aliphatic rings. The maximum Gasteiger partial charge on any atom is 0.273 e. The van der Waals surface area contributed by atoms with Crippen LogP contribution in [0.15, 0.2) is 6.07 Å². The van der Waals surface area contributed by atoms with Crippen molar-refractivity contribution in [1.82, 2.24) is 25.3 Å². The van der Waals surface area contributed by atoms with Gasteiger partial charge < -0.3 is 20.3 Å². The standard InChI is InChI=1S/C21H33N5O4/c1-4-25-19(28)17-13-16(18(27)22-11-8-12-30-5-2)24-26(17)14-21(25,3)20(29)23-15-9-6-7-10-15/h13,15H,4-12,14H2,1-3H3,(H,22,27)(H,23,29)/t21-/m1/s1. The highest BCUT2D eigenvalue weighted by molar-refractivity contribution is 6.01. The van der Waals surface area contributed by atoms with Crippen molar-refractivity contribution in [3.63, 3.8) is 0 Å². The van der Waals surface area contributed by atoms with E-state index in [-0.39, 0.29) is 36.0 Å². The van der Waals surface area contributed by atoms with E-state index in [1.165, 1.54) is 10.7 Å². The molecule has 0 spiro atoms. The molecular weight excluding hydrogens is 386 g/mol. The summed E-state index contributed by atoms with van der Waals surface area (Å²) in [5.74, 6) is -0.773. The van der Waals surface area contributed by atoms with Crippen molar-refractivity contribution in [2.75, 3.05) is 26.3 Å². The van der Waals surface area contributed by atoms with E-state index in [2.05, 4.69) is 15.7 Å². The van der Waals surface area contributed by atoms with Crippen molar-refractivity contribution >= 4 is 17.7 Å². The summed E-state index contributed by atoms with van der Waals surface area (Å²) in [6.45, 7) is 7.87. The number of hydrogen-bond donors (Lipinski definition) is 2. The van der Waals surface area contributed by atoms with Gasteiger partial charge in [-0.25, -0.2) is 0 Å². The molecule has 2 heterocycles. The Balaban J connectivity index is 1.73. The number of carbonyl (C=O) groups is 3. The summed E-state index contributed by atoms with van der Waals surface area (Å²) in [6, 6.07) is 1.68. The van der Waals surface area contributed by atoms with E-state index in [1.807, 2.05) is 13.8 Å². The zero-order valence-corrected chi connectivity index (χ0v) is 18.2. The second kappa shape index (κ2) is 9.59. The Hall–Kier alpha value is -2.42. The average Bonchev–Trinajstić information content (AvgIpc) is 3.37. The van der Waals surface area contributed by atoms with Gasteiger partial charge in [0.25, 0.3) is 11.8 Å². The monoisotopic (exact) mass is 419 g/mol. The summed E-state index contributed by atoms with van der Waals surface area (Å²) in [7, 11) is 0. The van der Waals surface area contributed by atoms with E-state index in [0.29, 0.717) is 38.4 Å². The van der Waals surface area contributed by atoms with E-state index in [9.17, 15) is 14.4 Å². The SMILES string of the molecule is CCOCCCNC(=O)c1cc2n(n1)C[C@](C)(C(=O)NC1CCCC1)N(CC)C2=O. The van der Waals surface area contributed by atoms with Gasteiger partial charge in [-0.05, 0) is 40.0 Å². The van der Waals surface area contributed by atoms with Gasteiger partial charge in [0.1, 0.15) is 11.2 Å². The van der Waals surface area contributed by atoms with Crippen LogP contribution in [-0.2, 0) is 16.1 Å². The molecule has 1 aromatic heterocycles. The van der Waals surface area contributed by atoms with Gasteiger partial charge in [-0.3, -0.25) is 19.1 Å². The third kappa shape index (κ3) is 4.50. The van der Waals surface area contributed by atoms with E-state index in [1.54, 1.807) is 11.8 Å². The highest BCUT2D eigenvalue weighted by atomic mass is 16.5. The minimum absolute atomic E-state index is 0.160. The first-order chi connectivity index (χ1) is 14.4. The molecule has 1 atom stereocenters. The predicted octanol–water partition coefficient (Wildman–Crippen LogP) is 1.33. The van der Waals surface area contributed by atoms with Gasteiger partial charge in [-0.1, -0.05) is 12.8 Å². The molecule has 166 valence electrons. The predicted molar refractivity (Wildman–Crippen MR) is 111 cm³/mol. The van der Waals surface area contributed by atoms with Crippen molar-refractivity contribution in [2.24, 2.45) is 0 Å². The summed E-state index contributed by atoms with van der Waals surface area (Å²) in [5, 5.41) is 10.3. The second-order valence-electron chi connectivity index (χ2n) is 8.16. The number of likely N-dealkylation sites (N-methyl/N-ethyl adjacent to an activating group) is 1. The lowest BCUT2D eigenvalue weighted by molar-refractivity contribution is -0.133. The molecule has 0 radical (unpaired) electrons. The van der Waals surface area contributed by atoms with Crippen LogP contribution >= 0.6 is 0 Å². The van der Waals surface area contributed by atoms with Crippen molar-refractivity contribution in [3.8, 4) is 0 Å². The van der Waals surface area contributed by atoms with E-state index >= 15 is 0 Å². The molecule has 2 N–H and O–H groups in total. The van der Waals surface area contributed by atoms with Crippen LogP contribution in [0.1, 0.15) is 73.9 Å². The average molecular weight is 420 g/mol. The third-order valence-electron chi connectivity index (χ3n) is 5.98. The quantitative estimate of drug-likeness (QED) is 0.588. The van der Waals surface area contributed by atoms with Crippen LogP contribution in [0.5, 0.6) is 0 Å². The van der Waals surface area contributed by atoms with Gasteiger partial charge in [0.05, 0.1) is 6.54 Å². The molecule has 3 amide bonds. The molecule has 3 rings (SSSR count). The van der Waals surface area contributed by atoms with Crippen molar-refractivity contribution in [2.45, 2.75) is 71.0 Å². The van der Waals surface area contributed by atoms with E-state index in [4.69, 9.17) is 4.74 Å². The Morgan fingerprint density at radius 3 is 2.70 bits per heavy atom. The first-order valence-corrected chi connectivity index (χ1v) is 11.0. The highest BCUT2D eigenvalue weighted by Crippen LogP contribution is 2.28. The molecule has 0 saturated heterocycles. The van der Waals surface area contributed by atoms with Crippen LogP contribution in [0.3, 0.4) is 0 Å². The third-order valence-corrected chi connectivity index (χ3v) is 5.98. The highest BCUT2D eigenvalue weighted by Gasteiger charge is 2.48. The Morgan fingerprint density at radius 1 is 1.30 bits per heavy atom. The van der Waals surface area contributed by atoms with Gasteiger partial charge in [-0.2, -0.15) is 5.10 Å². The summed E-state index contributed by atoms with van der Waals surface area (Å²) < 4.78 is 6.76. The lowest BCUT2D eigenvalue weighted by Crippen LogP contribution is -2.64. The van der Waals surface area contributed by atoms with E-state index in [0.717, 1.165) is 25.7 Å². The Kier molecular flexibility index (Phi) is 7.12. The first kappa shape index (κ1) is 22.3. The molecule has 9 heteroatoms. The summed E-state index contributed by atoms with van der Waals surface area (Å²) in [6.07, 6.45) is 4.88. The van der Waals surface area contributed by atoms with Crippen LogP contribution in [0, 0.1) is 0 Å². The molecule has 1 saturated carbocycles. The summed E-state index contributed by atoms with van der Waals surface area (Å²) >= 11 is 0. The van der Waals surface area contributed by atoms with Crippen LogP contribution in [-0.4, -0.2) is 70.3 Å². The summed E-state index contributed by atoms with van der Waals surface area (Å²) in [5.41, 5.74) is -0.521. The van der Waals surface area contributed by atoms with Crippen molar-refractivity contribution in [1.29, 1.82) is 0 Å². The lowest BCUT2D eigenvalue weighted by Gasteiger charge is -2.43. The van der Waals surface area contributed by atoms with Crippen molar-refractivity contribution in [3.05, 3.63) is 17.5 Å². The molecule has 1 fully saturated rings. The number of rotatable bonds is 9. The fraction of sp³-hybridized carbons (Fsp3) is 0.714. The number of fused-ring (bicyclic) bond motifs is 1. The van der Waals surface area contributed by atoms with E-state index < -0.39 is 5.54 Å². The maximum absolute atomic E-state index is 13.1. The number of hydrogen-bond acceptors (Lipinski definition) is 5. The van der Waals surface area contributed by atoms with Crippen LogP contribution in [0.2, 0.25) is 0 Å². The molecule has 0 aromatic carbocycles. The smallest absolute Gasteiger partial charge is 0.273 e. The largest absolute Gasteiger partial charge is 0.382 e. The molecule has 1 aromatic rings. The Labute approximate surface area is 177 Å². The minimum atomic E-state index is -1.04. The van der Waals surface area contributed by atoms with Gasteiger partial charge in [-0.15, -0.1) is 0 Å². The normalized spacial score (nSPS) is 21.6. The molecule has 1 aliphatic heterocycles. The van der Waals surface area contributed by atoms with Crippen molar-refractivity contribution < 1.29 is 19.1 Å². The zero-order valence-electron chi connectivity index (χ0n) is 18.2. The molecular formula is C21H33N5O4.